The van der Waals surface area contributed by atoms with Gasteiger partial charge in [-0.3, -0.25) is 4.79 Å². The normalized spacial score (nSPS) is 16.9. The molecule has 0 fully saturated rings. The molecule has 0 heterocycles. The zero-order valence-electron chi connectivity index (χ0n) is 7.49. The Kier molecular flexibility index (Phi) is 2.26. The molecule has 0 radical (unpaired) electrons. The van der Waals surface area contributed by atoms with Crippen LogP contribution in [0.4, 0.5) is 0 Å². The average Bonchev–Trinajstić information content (AvgIpc) is 2.20. The molecule has 0 saturated carbocycles. The average molecular weight is 172 g/mol. The van der Waals surface area contributed by atoms with Crippen molar-refractivity contribution in [2.75, 3.05) is 0 Å². The molecule has 0 aliphatic heterocycles. The maximum atomic E-state index is 11.5. The van der Waals surface area contributed by atoms with Crippen molar-refractivity contribution in [1.29, 1.82) is 0 Å². The van der Waals surface area contributed by atoms with Crippen LogP contribution in [0.5, 0.6) is 0 Å². The second-order valence-corrected chi connectivity index (χ2v) is 3.30. The Hall–Kier alpha value is -1.37. The van der Waals surface area contributed by atoms with Crippen molar-refractivity contribution in [3.05, 3.63) is 42.0 Å². The zero-order chi connectivity index (χ0) is 9.10. The smallest absolute Gasteiger partial charge is 0.163 e. The lowest BCUT2D eigenvalue weighted by Gasteiger charge is -2.11. The van der Waals surface area contributed by atoms with Crippen molar-refractivity contribution in [1.82, 2.24) is 0 Å². The molecule has 0 N–H and O–H groups in total. The van der Waals surface area contributed by atoms with E-state index >= 15 is 0 Å². The molecule has 1 nitrogen and oxygen atoms in total. The van der Waals surface area contributed by atoms with Crippen LogP contribution in [0.25, 0.3) is 5.57 Å². The summed E-state index contributed by atoms with van der Waals surface area (Å²) in [6.45, 7) is 0. The first-order chi connectivity index (χ1) is 6.38. The van der Waals surface area contributed by atoms with Crippen molar-refractivity contribution >= 4 is 11.4 Å². The van der Waals surface area contributed by atoms with Crippen LogP contribution in [0.15, 0.2) is 36.4 Å². The van der Waals surface area contributed by atoms with Crippen LogP contribution in [0, 0.1) is 0 Å². The first kappa shape index (κ1) is 8.24. The summed E-state index contributed by atoms with van der Waals surface area (Å²) >= 11 is 0. The van der Waals surface area contributed by atoms with Gasteiger partial charge in [0.05, 0.1) is 0 Å². The van der Waals surface area contributed by atoms with E-state index in [2.05, 4.69) is 6.08 Å². The van der Waals surface area contributed by atoms with Gasteiger partial charge in [0.2, 0.25) is 0 Å². The molecule has 13 heavy (non-hydrogen) atoms. The second-order valence-electron chi connectivity index (χ2n) is 3.30. The number of rotatable bonds is 1. The van der Waals surface area contributed by atoms with Crippen LogP contribution in [0.2, 0.25) is 0 Å². The van der Waals surface area contributed by atoms with Crippen LogP contribution in [-0.2, 0) is 4.79 Å². The molecule has 66 valence electrons. The van der Waals surface area contributed by atoms with Gasteiger partial charge in [0.25, 0.3) is 0 Å². The van der Waals surface area contributed by atoms with E-state index in [0.717, 1.165) is 24.0 Å². The van der Waals surface area contributed by atoms with Crippen molar-refractivity contribution in [3.8, 4) is 0 Å². The summed E-state index contributed by atoms with van der Waals surface area (Å²) in [5, 5.41) is 0. The summed E-state index contributed by atoms with van der Waals surface area (Å²) in [5.41, 5.74) is 1.97. The molecule has 0 atom stereocenters. The molecule has 2 rings (SSSR count). The third-order valence-electron chi connectivity index (χ3n) is 2.34. The van der Waals surface area contributed by atoms with Crippen molar-refractivity contribution in [2.45, 2.75) is 19.3 Å². The van der Waals surface area contributed by atoms with E-state index in [1.165, 1.54) is 0 Å². The largest absolute Gasteiger partial charge is 0.294 e. The highest BCUT2D eigenvalue weighted by Crippen LogP contribution is 2.23. The van der Waals surface area contributed by atoms with E-state index in [1.807, 2.05) is 30.3 Å². The topological polar surface area (TPSA) is 17.1 Å². The van der Waals surface area contributed by atoms with Crippen LogP contribution in [0.1, 0.15) is 24.8 Å². The molecule has 1 heteroatoms. The number of carbonyl (C=O) groups is 1. The zero-order valence-corrected chi connectivity index (χ0v) is 7.49. The minimum absolute atomic E-state index is 0.289. The van der Waals surface area contributed by atoms with Crippen LogP contribution < -0.4 is 0 Å². The Bertz CT molecular complexity index is 335. The van der Waals surface area contributed by atoms with Gasteiger partial charge in [-0.25, -0.2) is 0 Å². The summed E-state index contributed by atoms with van der Waals surface area (Å²) in [6, 6.07) is 9.90. The maximum Gasteiger partial charge on any atom is 0.163 e. The Balaban J connectivity index is 2.35. The van der Waals surface area contributed by atoms with Gasteiger partial charge in [0.1, 0.15) is 0 Å². The predicted molar refractivity (Wildman–Crippen MR) is 53.3 cm³/mol. The maximum absolute atomic E-state index is 11.5. The molecule has 0 aromatic heterocycles. The minimum atomic E-state index is 0.289. The number of allylic oxidation sites excluding steroid dienone is 2. The monoisotopic (exact) mass is 172 g/mol. The van der Waals surface area contributed by atoms with Crippen LogP contribution in [0.3, 0.4) is 0 Å². The van der Waals surface area contributed by atoms with Gasteiger partial charge < -0.3 is 0 Å². The fraction of sp³-hybridized carbons (Fsp3) is 0.250. The number of ketones is 1. The molecular formula is C12H12O. The van der Waals surface area contributed by atoms with Crippen molar-refractivity contribution < 1.29 is 4.79 Å². The number of carbonyl (C=O) groups excluding carboxylic acids is 1. The van der Waals surface area contributed by atoms with Gasteiger partial charge in [-0.05, 0) is 18.4 Å². The van der Waals surface area contributed by atoms with E-state index in [0.29, 0.717) is 6.42 Å². The van der Waals surface area contributed by atoms with Gasteiger partial charge in [-0.1, -0.05) is 36.4 Å². The lowest BCUT2D eigenvalue weighted by Crippen LogP contribution is -2.05. The van der Waals surface area contributed by atoms with E-state index < -0.39 is 0 Å². The number of hydrogen-bond acceptors (Lipinski definition) is 1. The minimum Gasteiger partial charge on any atom is -0.294 e. The van der Waals surface area contributed by atoms with Gasteiger partial charge in [-0.15, -0.1) is 0 Å². The quantitative estimate of drug-likeness (QED) is 0.636. The van der Waals surface area contributed by atoms with Crippen LogP contribution >= 0.6 is 0 Å². The highest BCUT2D eigenvalue weighted by atomic mass is 16.1. The van der Waals surface area contributed by atoms with Gasteiger partial charge >= 0.3 is 0 Å². The van der Waals surface area contributed by atoms with Crippen LogP contribution in [-0.4, -0.2) is 5.78 Å². The van der Waals surface area contributed by atoms with Gasteiger partial charge in [-0.2, -0.15) is 0 Å². The molecule has 0 bridgehead atoms. The predicted octanol–water partition coefficient (Wildman–Crippen LogP) is 2.82. The fourth-order valence-electron chi connectivity index (χ4n) is 1.65. The number of hydrogen-bond donors (Lipinski definition) is 0. The summed E-state index contributed by atoms with van der Waals surface area (Å²) < 4.78 is 0. The lowest BCUT2D eigenvalue weighted by atomic mass is 9.93. The highest BCUT2D eigenvalue weighted by Gasteiger charge is 2.14. The fourth-order valence-corrected chi connectivity index (χ4v) is 1.65. The molecule has 0 saturated heterocycles. The van der Waals surface area contributed by atoms with Gasteiger partial charge in [0.15, 0.2) is 5.78 Å². The molecule has 0 unspecified atom stereocenters. The summed E-state index contributed by atoms with van der Waals surface area (Å²) in [5.74, 6) is 0.289. The summed E-state index contributed by atoms with van der Waals surface area (Å²) in [7, 11) is 0. The Labute approximate surface area is 78.1 Å². The lowest BCUT2D eigenvalue weighted by molar-refractivity contribution is -0.114. The van der Waals surface area contributed by atoms with Crippen molar-refractivity contribution in [2.24, 2.45) is 0 Å². The Morgan fingerprint density at radius 1 is 1.08 bits per heavy atom. The molecule has 1 aliphatic carbocycles. The molecule has 0 amide bonds. The van der Waals surface area contributed by atoms with E-state index in [9.17, 15) is 4.79 Å². The van der Waals surface area contributed by atoms with Crippen molar-refractivity contribution in [3.63, 3.8) is 0 Å². The Morgan fingerprint density at radius 2 is 1.85 bits per heavy atom. The summed E-state index contributed by atoms with van der Waals surface area (Å²) in [4.78, 5) is 11.5. The number of benzene rings is 1. The third-order valence-corrected chi connectivity index (χ3v) is 2.34. The standard InChI is InChI=1S/C12H12O/c13-12-9-5-4-8-11(12)10-6-2-1-3-7-10/h1-3,6-8H,4-5,9H2. The molecule has 1 aromatic rings. The van der Waals surface area contributed by atoms with Gasteiger partial charge in [0, 0.05) is 12.0 Å². The van der Waals surface area contributed by atoms with E-state index in [-0.39, 0.29) is 5.78 Å². The third kappa shape index (κ3) is 1.69. The second kappa shape index (κ2) is 3.56. The Morgan fingerprint density at radius 3 is 2.54 bits per heavy atom. The first-order valence-corrected chi connectivity index (χ1v) is 4.67. The molecule has 1 aromatic carbocycles. The molecular weight excluding hydrogens is 160 g/mol. The first-order valence-electron chi connectivity index (χ1n) is 4.67. The van der Waals surface area contributed by atoms with E-state index in [4.69, 9.17) is 0 Å². The SMILES string of the molecule is O=C1CCCC=C1c1ccccc1. The molecule has 1 aliphatic rings. The highest BCUT2D eigenvalue weighted by molar-refractivity contribution is 6.21. The van der Waals surface area contributed by atoms with E-state index in [1.54, 1.807) is 0 Å². The number of Topliss-reactive ketones (excluding diaryl/α,β-unsaturated/α-hetero) is 1. The summed E-state index contributed by atoms with van der Waals surface area (Å²) in [6.07, 6.45) is 4.81. The molecule has 0 spiro atoms.